The molecule has 0 fully saturated rings. The molecule has 0 saturated heterocycles. The minimum atomic E-state index is -0.646. The minimum Gasteiger partial charge on any atom is -0.272 e. The lowest BCUT2D eigenvalue weighted by Gasteiger charge is -2.09. The SMILES string of the molecule is C=C(Br)C1=C[N]C(=O)NC1=O. The van der Waals surface area contributed by atoms with E-state index in [1.807, 2.05) is 5.32 Å². The molecule has 0 aromatic rings. The predicted molar refractivity (Wildman–Crippen MR) is 41.8 cm³/mol. The molecule has 1 aliphatic heterocycles. The van der Waals surface area contributed by atoms with Crippen molar-refractivity contribution in [2.75, 3.05) is 0 Å². The molecule has 1 radical (unpaired) electrons. The maximum absolute atomic E-state index is 10.9. The Hall–Kier alpha value is -1.10. The summed E-state index contributed by atoms with van der Waals surface area (Å²) in [6.45, 7) is 3.47. The molecule has 3 amide bonds. The molecule has 0 aromatic carbocycles. The lowest BCUT2D eigenvalue weighted by molar-refractivity contribution is -0.116. The van der Waals surface area contributed by atoms with Gasteiger partial charge in [0.1, 0.15) is 0 Å². The molecule has 0 aromatic heterocycles. The maximum atomic E-state index is 10.9. The van der Waals surface area contributed by atoms with Crippen LogP contribution in [0, 0.1) is 0 Å². The topological polar surface area (TPSA) is 60.3 Å². The number of hydrogen-bond acceptors (Lipinski definition) is 2. The summed E-state index contributed by atoms with van der Waals surface area (Å²) in [6, 6.07) is -0.646. The third-order valence-corrected chi connectivity index (χ3v) is 1.50. The largest absolute Gasteiger partial charge is 0.347 e. The summed E-state index contributed by atoms with van der Waals surface area (Å²) in [5.74, 6) is -0.480. The van der Waals surface area contributed by atoms with Gasteiger partial charge in [-0.25, -0.2) is 10.1 Å². The van der Waals surface area contributed by atoms with Crippen LogP contribution in [0.2, 0.25) is 0 Å². The fourth-order valence-corrected chi connectivity index (χ4v) is 0.854. The first-order valence-electron chi connectivity index (χ1n) is 2.72. The van der Waals surface area contributed by atoms with E-state index in [9.17, 15) is 9.59 Å². The monoisotopic (exact) mass is 215 g/mol. The van der Waals surface area contributed by atoms with Crippen molar-refractivity contribution in [3.05, 3.63) is 22.8 Å². The Morgan fingerprint density at radius 1 is 1.64 bits per heavy atom. The highest BCUT2D eigenvalue weighted by Gasteiger charge is 2.19. The van der Waals surface area contributed by atoms with E-state index >= 15 is 0 Å². The average Bonchev–Trinajstić information content (AvgIpc) is 1.85. The molecule has 1 N–H and O–H groups in total. The van der Waals surface area contributed by atoms with Crippen LogP contribution >= 0.6 is 15.9 Å². The average molecular weight is 216 g/mol. The summed E-state index contributed by atoms with van der Waals surface area (Å²) >= 11 is 3.00. The highest BCUT2D eigenvalue weighted by molar-refractivity contribution is 9.12. The van der Waals surface area contributed by atoms with Gasteiger partial charge in [-0.2, -0.15) is 0 Å². The second-order valence-electron chi connectivity index (χ2n) is 1.84. The Morgan fingerprint density at radius 3 is 2.73 bits per heavy atom. The number of nitrogens with one attached hydrogen (secondary N) is 1. The van der Waals surface area contributed by atoms with Crippen molar-refractivity contribution in [2.24, 2.45) is 0 Å². The van der Waals surface area contributed by atoms with Crippen molar-refractivity contribution in [2.45, 2.75) is 0 Å². The fraction of sp³-hybridized carbons (Fsp3) is 0. The molecule has 0 aliphatic carbocycles. The van der Waals surface area contributed by atoms with Crippen LogP contribution in [0.25, 0.3) is 0 Å². The van der Waals surface area contributed by atoms with Gasteiger partial charge in [0.25, 0.3) is 5.91 Å². The third kappa shape index (κ3) is 1.68. The van der Waals surface area contributed by atoms with Gasteiger partial charge in [-0.15, -0.1) is 0 Å². The molecule has 1 rings (SSSR count). The van der Waals surface area contributed by atoms with Crippen molar-refractivity contribution in [1.82, 2.24) is 10.6 Å². The van der Waals surface area contributed by atoms with Gasteiger partial charge < -0.3 is 0 Å². The third-order valence-electron chi connectivity index (χ3n) is 1.07. The summed E-state index contributed by atoms with van der Waals surface area (Å²) in [5.41, 5.74) is 0.268. The van der Waals surface area contributed by atoms with E-state index in [0.29, 0.717) is 4.48 Å². The molecular formula is C6H4BrN2O2. The van der Waals surface area contributed by atoms with Gasteiger partial charge >= 0.3 is 6.03 Å². The number of amides is 3. The highest BCUT2D eigenvalue weighted by atomic mass is 79.9. The highest BCUT2D eigenvalue weighted by Crippen LogP contribution is 2.15. The lowest BCUT2D eigenvalue weighted by Crippen LogP contribution is -2.39. The zero-order valence-corrected chi connectivity index (χ0v) is 7.01. The van der Waals surface area contributed by atoms with Gasteiger partial charge in [0, 0.05) is 10.7 Å². The quantitative estimate of drug-likeness (QED) is 0.698. The second kappa shape index (κ2) is 2.87. The van der Waals surface area contributed by atoms with E-state index in [0.717, 1.165) is 0 Å². The zero-order valence-electron chi connectivity index (χ0n) is 5.43. The second-order valence-corrected chi connectivity index (χ2v) is 2.79. The molecule has 1 heterocycles. The van der Waals surface area contributed by atoms with Crippen LogP contribution in [0.4, 0.5) is 4.79 Å². The van der Waals surface area contributed by atoms with Gasteiger partial charge in [0.2, 0.25) is 0 Å². The number of carbonyl (C=O) groups is 2. The van der Waals surface area contributed by atoms with Gasteiger partial charge in [-0.05, 0) is 0 Å². The summed E-state index contributed by atoms with van der Waals surface area (Å²) in [5, 5.41) is 5.37. The summed E-state index contributed by atoms with van der Waals surface area (Å²) < 4.78 is 0.409. The van der Waals surface area contributed by atoms with E-state index in [4.69, 9.17) is 0 Å². The molecule has 5 heteroatoms. The predicted octanol–water partition coefficient (Wildman–Crippen LogP) is 0.633. The smallest absolute Gasteiger partial charge is 0.272 e. The van der Waals surface area contributed by atoms with Crippen molar-refractivity contribution in [3.8, 4) is 0 Å². The van der Waals surface area contributed by atoms with Crippen LogP contribution in [-0.2, 0) is 4.79 Å². The maximum Gasteiger partial charge on any atom is 0.347 e. The standard InChI is InChI=1S/C6H4BrN2O2/c1-3(7)4-2-8-6(11)9-5(4)10/h2H,1H2,(H,9,10,11). The molecule has 1 aliphatic rings. The Labute approximate surface area is 71.5 Å². The zero-order chi connectivity index (χ0) is 8.43. The van der Waals surface area contributed by atoms with Crippen molar-refractivity contribution in [3.63, 3.8) is 0 Å². The first-order valence-corrected chi connectivity index (χ1v) is 3.51. The first kappa shape index (κ1) is 8.00. The van der Waals surface area contributed by atoms with E-state index < -0.39 is 11.9 Å². The fourth-order valence-electron chi connectivity index (χ4n) is 0.572. The van der Waals surface area contributed by atoms with Crippen LogP contribution in [-0.4, -0.2) is 11.9 Å². The Balaban J connectivity index is 2.89. The van der Waals surface area contributed by atoms with Gasteiger partial charge in [0.15, 0.2) is 0 Å². The van der Waals surface area contributed by atoms with Crippen LogP contribution in [0.1, 0.15) is 0 Å². The summed E-state index contributed by atoms with van der Waals surface area (Å²) in [7, 11) is 0. The minimum absolute atomic E-state index is 0.268. The van der Waals surface area contributed by atoms with Crippen molar-refractivity contribution < 1.29 is 9.59 Å². The molecule has 0 saturated carbocycles. The molecule has 11 heavy (non-hydrogen) atoms. The van der Waals surface area contributed by atoms with E-state index in [-0.39, 0.29) is 5.57 Å². The number of rotatable bonds is 1. The molecule has 57 valence electrons. The Morgan fingerprint density at radius 2 is 2.27 bits per heavy atom. The van der Waals surface area contributed by atoms with Gasteiger partial charge in [-0.1, -0.05) is 22.5 Å². The molecule has 4 nitrogen and oxygen atoms in total. The van der Waals surface area contributed by atoms with Crippen LogP contribution in [0.5, 0.6) is 0 Å². The first-order chi connectivity index (χ1) is 5.11. The van der Waals surface area contributed by atoms with Crippen molar-refractivity contribution >= 4 is 27.9 Å². The van der Waals surface area contributed by atoms with Gasteiger partial charge in [-0.3, -0.25) is 10.1 Å². The number of nitrogens with zero attached hydrogens (tertiary/aromatic N) is 1. The van der Waals surface area contributed by atoms with Gasteiger partial charge in [0.05, 0.1) is 5.57 Å². The molecular weight excluding hydrogens is 212 g/mol. The number of imide groups is 1. The van der Waals surface area contributed by atoms with Crippen molar-refractivity contribution in [1.29, 1.82) is 0 Å². The van der Waals surface area contributed by atoms with Crippen LogP contribution in [0.3, 0.4) is 0 Å². The van der Waals surface area contributed by atoms with E-state index in [1.165, 1.54) is 6.20 Å². The Bertz CT molecular complexity index is 270. The molecule has 0 atom stereocenters. The number of halogens is 1. The molecule has 0 bridgehead atoms. The van der Waals surface area contributed by atoms with Crippen LogP contribution in [0.15, 0.2) is 22.8 Å². The lowest BCUT2D eigenvalue weighted by atomic mass is 10.2. The summed E-state index contributed by atoms with van der Waals surface area (Å²) in [4.78, 5) is 21.3. The summed E-state index contributed by atoms with van der Waals surface area (Å²) in [6.07, 6.45) is 1.18. The Kier molecular flexibility index (Phi) is 2.09. The number of urea groups is 1. The molecule has 0 spiro atoms. The van der Waals surface area contributed by atoms with E-state index in [1.54, 1.807) is 0 Å². The number of carbonyl (C=O) groups excluding carboxylic acids is 2. The van der Waals surface area contributed by atoms with Crippen LogP contribution < -0.4 is 10.6 Å². The number of hydrogen-bond donors (Lipinski definition) is 1. The molecule has 0 unspecified atom stereocenters. The normalized spacial score (nSPS) is 16.6. The van der Waals surface area contributed by atoms with E-state index in [2.05, 4.69) is 27.8 Å².